The van der Waals surface area contributed by atoms with Crippen molar-refractivity contribution < 1.29 is 4.79 Å². The zero-order chi connectivity index (χ0) is 15.1. The highest BCUT2D eigenvalue weighted by atomic mass is 35.5. The van der Waals surface area contributed by atoms with Gasteiger partial charge < -0.3 is 10.6 Å². The Morgan fingerprint density at radius 2 is 2.00 bits per heavy atom. The fraction of sp³-hybridized carbons (Fsp3) is 0.533. The van der Waals surface area contributed by atoms with Crippen molar-refractivity contribution in [1.82, 2.24) is 10.6 Å². The second kappa shape index (κ2) is 8.50. The van der Waals surface area contributed by atoms with Crippen LogP contribution in [0.4, 0.5) is 0 Å². The molecule has 1 atom stereocenters. The molecule has 2 N–H and O–H groups in total. The van der Waals surface area contributed by atoms with E-state index in [0.29, 0.717) is 35.0 Å². The summed E-state index contributed by atoms with van der Waals surface area (Å²) < 4.78 is 0. The average Bonchev–Trinajstić information content (AvgIpc) is 2.36. The molecule has 0 aliphatic carbocycles. The lowest BCUT2D eigenvalue weighted by molar-refractivity contribution is -0.120. The molecule has 0 bridgehead atoms. The minimum atomic E-state index is 0.0142. The zero-order valence-electron chi connectivity index (χ0n) is 12.2. The minimum Gasteiger partial charge on any atom is -0.355 e. The highest BCUT2D eigenvalue weighted by Gasteiger charge is 2.16. The van der Waals surface area contributed by atoms with Crippen molar-refractivity contribution >= 4 is 29.1 Å². The molecule has 0 saturated heterocycles. The smallest absolute Gasteiger partial charge is 0.233 e. The van der Waals surface area contributed by atoms with Gasteiger partial charge in [-0.2, -0.15) is 0 Å². The van der Waals surface area contributed by atoms with Crippen LogP contribution in [0.25, 0.3) is 0 Å². The van der Waals surface area contributed by atoms with Crippen LogP contribution in [-0.4, -0.2) is 26.0 Å². The Bertz CT molecular complexity index is 449. The monoisotopic (exact) mass is 316 g/mol. The van der Waals surface area contributed by atoms with E-state index in [1.807, 2.05) is 12.1 Å². The normalized spacial score (nSPS) is 12.5. The number of rotatable bonds is 7. The van der Waals surface area contributed by atoms with Crippen molar-refractivity contribution in [3.8, 4) is 0 Å². The van der Waals surface area contributed by atoms with Crippen LogP contribution in [0.15, 0.2) is 18.2 Å². The predicted octanol–water partition coefficient (Wildman–Crippen LogP) is 3.14. The molecule has 0 spiro atoms. The van der Waals surface area contributed by atoms with Crippen molar-refractivity contribution in [3.63, 3.8) is 0 Å². The third kappa shape index (κ3) is 5.70. The van der Waals surface area contributed by atoms with Gasteiger partial charge in [-0.1, -0.05) is 43.1 Å². The summed E-state index contributed by atoms with van der Waals surface area (Å²) in [7, 11) is 1.76. The lowest BCUT2D eigenvalue weighted by Gasteiger charge is -2.22. The number of nitrogens with one attached hydrogen (secondary N) is 2. The molecule has 1 rings (SSSR count). The van der Waals surface area contributed by atoms with Crippen LogP contribution >= 0.6 is 23.2 Å². The fourth-order valence-electron chi connectivity index (χ4n) is 1.98. The van der Waals surface area contributed by atoms with Gasteiger partial charge in [0.15, 0.2) is 0 Å². The maximum absolute atomic E-state index is 11.5. The van der Waals surface area contributed by atoms with Gasteiger partial charge in [0.1, 0.15) is 0 Å². The Balaban J connectivity index is 2.65. The fourth-order valence-corrected chi connectivity index (χ4v) is 2.47. The van der Waals surface area contributed by atoms with Crippen LogP contribution < -0.4 is 10.6 Å². The summed E-state index contributed by atoms with van der Waals surface area (Å²) in [5, 5.41) is 7.11. The third-order valence-corrected chi connectivity index (χ3v) is 3.93. The molecule has 1 aromatic carbocycles. The number of carbonyl (C=O) groups is 1. The Morgan fingerprint density at radius 1 is 1.30 bits per heavy atom. The van der Waals surface area contributed by atoms with Gasteiger partial charge in [-0.3, -0.25) is 4.79 Å². The molecule has 5 heteroatoms. The molecule has 0 aliphatic rings. The van der Waals surface area contributed by atoms with Crippen molar-refractivity contribution in [1.29, 1.82) is 0 Å². The molecule has 0 aliphatic heterocycles. The van der Waals surface area contributed by atoms with Crippen LogP contribution in [0, 0.1) is 11.8 Å². The van der Waals surface area contributed by atoms with E-state index < -0.39 is 0 Å². The average molecular weight is 317 g/mol. The highest BCUT2D eigenvalue weighted by molar-refractivity contribution is 6.35. The van der Waals surface area contributed by atoms with Crippen molar-refractivity contribution in [2.24, 2.45) is 11.8 Å². The van der Waals surface area contributed by atoms with E-state index in [1.54, 1.807) is 13.1 Å². The molecule has 0 radical (unpaired) electrons. The van der Waals surface area contributed by atoms with E-state index in [1.165, 1.54) is 0 Å². The van der Waals surface area contributed by atoms with Crippen LogP contribution in [0.1, 0.15) is 19.4 Å². The first-order valence-corrected chi connectivity index (χ1v) is 7.54. The molecule has 3 nitrogen and oxygen atoms in total. The number of hydrogen-bond acceptors (Lipinski definition) is 2. The van der Waals surface area contributed by atoms with Gasteiger partial charge in [0.2, 0.25) is 5.91 Å². The Labute approximate surface area is 131 Å². The first kappa shape index (κ1) is 17.3. The molecule has 0 aromatic heterocycles. The summed E-state index contributed by atoms with van der Waals surface area (Å²) in [5.41, 5.74) is 1.07. The van der Waals surface area contributed by atoms with Crippen LogP contribution in [0.5, 0.6) is 0 Å². The number of amides is 1. The molecule has 0 fully saturated rings. The largest absolute Gasteiger partial charge is 0.355 e. The van der Waals surface area contributed by atoms with E-state index in [9.17, 15) is 4.79 Å². The number of likely N-dealkylation sites (N-methyl/N-ethyl adjacent to an activating group) is 1. The Kier molecular flexibility index (Phi) is 7.35. The quantitative estimate of drug-likeness (QED) is 0.811. The summed E-state index contributed by atoms with van der Waals surface area (Å²) in [5.74, 6) is 0.812. The van der Waals surface area contributed by atoms with Gasteiger partial charge in [-0.15, -0.1) is 0 Å². The second-order valence-corrected chi connectivity index (χ2v) is 6.12. The Morgan fingerprint density at radius 3 is 2.55 bits per heavy atom. The van der Waals surface area contributed by atoms with Crippen molar-refractivity contribution in [2.75, 3.05) is 20.1 Å². The summed E-state index contributed by atoms with van der Waals surface area (Å²) in [6, 6.07) is 5.56. The lowest BCUT2D eigenvalue weighted by atomic mass is 9.89. The predicted molar refractivity (Wildman–Crippen MR) is 85.4 cm³/mol. The van der Waals surface area contributed by atoms with Gasteiger partial charge in [0.05, 0.1) is 6.54 Å². The molecule has 20 heavy (non-hydrogen) atoms. The van der Waals surface area contributed by atoms with Crippen LogP contribution in [0.3, 0.4) is 0 Å². The van der Waals surface area contributed by atoms with Crippen LogP contribution in [0.2, 0.25) is 10.0 Å². The van der Waals surface area contributed by atoms with E-state index in [0.717, 1.165) is 12.0 Å². The first-order chi connectivity index (χ1) is 9.43. The van der Waals surface area contributed by atoms with Gasteiger partial charge >= 0.3 is 0 Å². The standard InChI is InChI=1S/C15H22Cl2N2O/c1-10(2)12(8-19-15(20)9-18-3)6-11-4-5-13(16)7-14(11)17/h4-5,7,10,12,18H,6,8-9H2,1-3H3,(H,19,20). The van der Waals surface area contributed by atoms with E-state index >= 15 is 0 Å². The first-order valence-electron chi connectivity index (χ1n) is 6.79. The summed E-state index contributed by atoms with van der Waals surface area (Å²) in [4.78, 5) is 11.5. The SMILES string of the molecule is CNCC(=O)NCC(Cc1ccc(Cl)cc1Cl)C(C)C. The number of benzene rings is 1. The molecular formula is C15H22Cl2N2O. The second-order valence-electron chi connectivity index (χ2n) is 5.28. The molecule has 112 valence electrons. The summed E-state index contributed by atoms with van der Waals surface area (Å²) in [6.45, 7) is 5.29. The third-order valence-electron chi connectivity index (χ3n) is 3.34. The molecular weight excluding hydrogens is 295 g/mol. The molecule has 0 heterocycles. The van der Waals surface area contributed by atoms with Gasteiger partial charge in [-0.05, 0) is 43.0 Å². The highest BCUT2D eigenvalue weighted by Crippen LogP contribution is 2.25. The van der Waals surface area contributed by atoms with E-state index in [-0.39, 0.29) is 5.91 Å². The summed E-state index contributed by atoms with van der Waals surface area (Å²) in [6.07, 6.45) is 0.827. The maximum Gasteiger partial charge on any atom is 0.233 e. The van der Waals surface area contributed by atoms with Crippen molar-refractivity contribution in [3.05, 3.63) is 33.8 Å². The molecule has 0 saturated carbocycles. The van der Waals surface area contributed by atoms with Gasteiger partial charge in [0.25, 0.3) is 0 Å². The summed E-state index contributed by atoms with van der Waals surface area (Å²) >= 11 is 12.1. The van der Waals surface area contributed by atoms with Crippen molar-refractivity contribution in [2.45, 2.75) is 20.3 Å². The number of hydrogen-bond donors (Lipinski definition) is 2. The van der Waals surface area contributed by atoms with E-state index in [4.69, 9.17) is 23.2 Å². The zero-order valence-corrected chi connectivity index (χ0v) is 13.7. The van der Waals surface area contributed by atoms with Crippen LogP contribution in [-0.2, 0) is 11.2 Å². The Hall–Kier alpha value is -0.770. The van der Waals surface area contributed by atoms with E-state index in [2.05, 4.69) is 24.5 Å². The number of carbonyl (C=O) groups excluding carboxylic acids is 1. The van der Waals surface area contributed by atoms with Gasteiger partial charge in [-0.25, -0.2) is 0 Å². The molecule has 1 amide bonds. The topological polar surface area (TPSA) is 41.1 Å². The molecule has 1 aromatic rings. The maximum atomic E-state index is 11.5. The lowest BCUT2D eigenvalue weighted by Crippen LogP contribution is -2.37. The van der Waals surface area contributed by atoms with Gasteiger partial charge in [0, 0.05) is 16.6 Å². The minimum absolute atomic E-state index is 0.0142. The molecule has 1 unspecified atom stereocenters. The number of halogens is 2.